The minimum Gasteiger partial charge on any atom is -0.348 e. The van der Waals surface area contributed by atoms with Crippen LogP contribution < -0.4 is 10.6 Å². The highest BCUT2D eigenvalue weighted by Gasteiger charge is 2.54. The van der Waals surface area contributed by atoms with Crippen molar-refractivity contribution in [3.63, 3.8) is 0 Å². The Hall–Kier alpha value is -3.19. The van der Waals surface area contributed by atoms with Gasteiger partial charge in [-0.2, -0.15) is 0 Å². The second kappa shape index (κ2) is 7.50. The van der Waals surface area contributed by atoms with Gasteiger partial charge in [0.2, 0.25) is 5.91 Å². The Morgan fingerprint density at radius 3 is 2.87 bits per heavy atom. The average Bonchev–Trinajstić information content (AvgIpc) is 3.34. The van der Waals surface area contributed by atoms with Crippen molar-refractivity contribution in [1.82, 2.24) is 15.5 Å². The Morgan fingerprint density at radius 2 is 2.00 bits per heavy atom. The van der Waals surface area contributed by atoms with E-state index in [1.165, 1.54) is 0 Å². The van der Waals surface area contributed by atoms with Gasteiger partial charge in [0.1, 0.15) is 12.1 Å². The molecule has 1 saturated heterocycles. The van der Waals surface area contributed by atoms with Crippen molar-refractivity contribution in [3.8, 4) is 0 Å². The maximum absolute atomic E-state index is 13.3. The number of nitrogens with zero attached hydrogens (tertiary/aromatic N) is 1. The van der Waals surface area contributed by atoms with Crippen molar-refractivity contribution in [1.29, 1.82) is 0 Å². The van der Waals surface area contributed by atoms with E-state index in [0.717, 1.165) is 44.5 Å². The second-order valence-electron chi connectivity index (χ2n) is 8.20. The Morgan fingerprint density at radius 1 is 1.19 bits per heavy atom. The van der Waals surface area contributed by atoms with Crippen molar-refractivity contribution in [2.24, 2.45) is 0 Å². The predicted molar refractivity (Wildman–Crippen MR) is 120 cm³/mol. The molecule has 1 aromatic heterocycles. The highest BCUT2D eigenvalue weighted by atomic mass is 32.1. The first kappa shape index (κ1) is 19.8. The fraction of sp³-hybridized carbons (Fsp3) is 0.292. The summed E-state index contributed by atoms with van der Waals surface area (Å²) in [6.07, 6.45) is 2.31. The minimum absolute atomic E-state index is 0.258. The summed E-state index contributed by atoms with van der Waals surface area (Å²) in [6, 6.07) is 15.1. The zero-order valence-electron chi connectivity index (χ0n) is 17.2. The number of carbonyl (C=O) groups is 3. The van der Waals surface area contributed by atoms with Crippen LogP contribution in [-0.2, 0) is 21.5 Å². The third-order valence-corrected chi connectivity index (χ3v) is 7.29. The van der Waals surface area contributed by atoms with Gasteiger partial charge in [0, 0.05) is 10.4 Å². The summed E-state index contributed by atoms with van der Waals surface area (Å²) in [5.74, 6) is -0.688. The Kier molecular flexibility index (Phi) is 4.78. The molecule has 2 N–H and O–H groups in total. The first-order valence-corrected chi connectivity index (χ1v) is 11.4. The molecule has 31 heavy (non-hydrogen) atoms. The summed E-state index contributed by atoms with van der Waals surface area (Å²) < 4.78 is 0. The quantitative estimate of drug-likeness (QED) is 0.613. The number of amides is 4. The van der Waals surface area contributed by atoms with E-state index in [2.05, 4.69) is 10.6 Å². The summed E-state index contributed by atoms with van der Waals surface area (Å²) in [7, 11) is 0. The third-order valence-electron chi connectivity index (χ3n) is 6.31. The van der Waals surface area contributed by atoms with Gasteiger partial charge in [-0.05, 0) is 54.0 Å². The van der Waals surface area contributed by atoms with Crippen LogP contribution in [0.4, 0.5) is 4.79 Å². The Balaban J connectivity index is 1.33. The maximum atomic E-state index is 13.3. The van der Waals surface area contributed by atoms with Gasteiger partial charge in [-0.15, -0.1) is 11.3 Å². The van der Waals surface area contributed by atoms with E-state index in [4.69, 9.17) is 0 Å². The molecule has 3 aromatic rings. The van der Waals surface area contributed by atoms with Crippen molar-refractivity contribution in [3.05, 3.63) is 69.9 Å². The highest BCUT2D eigenvalue weighted by Crippen LogP contribution is 2.42. The van der Waals surface area contributed by atoms with Gasteiger partial charge in [-0.1, -0.05) is 42.5 Å². The number of benzene rings is 2. The molecule has 7 heteroatoms. The van der Waals surface area contributed by atoms with Crippen LogP contribution in [0.2, 0.25) is 0 Å². The molecule has 2 aliphatic rings. The zero-order chi connectivity index (χ0) is 21.6. The average molecular weight is 434 g/mol. The highest BCUT2D eigenvalue weighted by molar-refractivity contribution is 7.10. The minimum atomic E-state index is -1.02. The molecule has 0 unspecified atom stereocenters. The molecule has 5 rings (SSSR count). The molecule has 1 aliphatic heterocycles. The van der Waals surface area contributed by atoms with Crippen LogP contribution in [0.15, 0.2) is 53.9 Å². The maximum Gasteiger partial charge on any atom is 0.325 e. The van der Waals surface area contributed by atoms with E-state index in [0.29, 0.717) is 6.42 Å². The Labute approximate surface area is 184 Å². The normalized spacial score (nSPS) is 21.3. The van der Waals surface area contributed by atoms with Crippen LogP contribution in [0.3, 0.4) is 0 Å². The fourth-order valence-corrected chi connectivity index (χ4v) is 5.82. The van der Waals surface area contributed by atoms with Crippen molar-refractivity contribution < 1.29 is 14.4 Å². The number of nitrogens with one attached hydrogen (secondary N) is 2. The number of hydrogen-bond acceptors (Lipinski definition) is 4. The van der Waals surface area contributed by atoms with E-state index >= 15 is 0 Å². The smallest absolute Gasteiger partial charge is 0.325 e. The first-order valence-electron chi connectivity index (χ1n) is 10.5. The van der Waals surface area contributed by atoms with Gasteiger partial charge in [-0.3, -0.25) is 14.5 Å². The monoisotopic (exact) mass is 433 g/mol. The molecule has 0 radical (unpaired) electrons. The van der Waals surface area contributed by atoms with E-state index < -0.39 is 11.6 Å². The van der Waals surface area contributed by atoms with Gasteiger partial charge >= 0.3 is 6.03 Å². The molecular formula is C24H23N3O3S. The molecule has 1 aliphatic carbocycles. The number of thiophene rings is 1. The SMILES string of the molecule is C[C@H](NC(=O)CN1C(=O)N[C@]2(CCCc3sccc32)C1=O)c1cccc2ccccc12. The number of carbonyl (C=O) groups excluding carboxylic acids is 3. The van der Waals surface area contributed by atoms with Gasteiger partial charge in [0.15, 0.2) is 0 Å². The lowest BCUT2D eigenvalue weighted by molar-refractivity contribution is -0.135. The molecule has 4 amide bonds. The molecule has 2 heterocycles. The van der Waals surface area contributed by atoms with Crippen LogP contribution in [0.1, 0.15) is 41.8 Å². The Bertz CT molecular complexity index is 1200. The topological polar surface area (TPSA) is 78.5 Å². The number of imide groups is 1. The van der Waals surface area contributed by atoms with E-state index in [1.54, 1.807) is 11.3 Å². The molecule has 1 fully saturated rings. The zero-order valence-corrected chi connectivity index (χ0v) is 18.0. The number of hydrogen-bond donors (Lipinski definition) is 2. The van der Waals surface area contributed by atoms with Crippen LogP contribution in [0.25, 0.3) is 10.8 Å². The number of aryl methyl sites for hydroxylation is 1. The van der Waals surface area contributed by atoms with Crippen LogP contribution >= 0.6 is 11.3 Å². The summed E-state index contributed by atoms with van der Waals surface area (Å²) in [5, 5.41) is 9.96. The van der Waals surface area contributed by atoms with Gasteiger partial charge in [0.05, 0.1) is 6.04 Å². The van der Waals surface area contributed by atoms with E-state index in [9.17, 15) is 14.4 Å². The van der Waals surface area contributed by atoms with Gasteiger partial charge < -0.3 is 10.6 Å². The second-order valence-corrected chi connectivity index (χ2v) is 9.20. The molecule has 1 spiro atoms. The molecule has 6 nitrogen and oxygen atoms in total. The fourth-order valence-electron chi connectivity index (χ4n) is 4.82. The summed E-state index contributed by atoms with van der Waals surface area (Å²) in [6.45, 7) is 1.62. The number of rotatable bonds is 4. The molecular weight excluding hydrogens is 410 g/mol. The lowest BCUT2D eigenvalue weighted by atomic mass is 9.80. The first-order chi connectivity index (χ1) is 15.0. The summed E-state index contributed by atoms with van der Waals surface area (Å²) >= 11 is 1.61. The van der Waals surface area contributed by atoms with E-state index in [-0.39, 0.29) is 24.4 Å². The molecule has 0 bridgehead atoms. The van der Waals surface area contributed by atoms with Crippen LogP contribution in [0, 0.1) is 0 Å². The van der Waals surface area contributed by atoms with Gasteiger partial charge in [0.25, 0.3) is 5.91 Å². The summed E-state index contributed by atoms with van der Waals surface area (Å²) in [5.41, 5.74) is 0.857. The van der Waals surface area contributed by atoms with Gasteiger partial charge in [-0.25, -0.2) is 4.79 Å². The van der Waals surface area contributed by atoms with Crippen molar-refractivity contribution in [2.75, 3.05) is 6.54 Å². The van der Waals surface area contributed by atoms with Crippen LogP contribution in [0.5, 0.6) is 0 Å². The van der Waals surface area contributed by atoms with Crippen molar-refractivity contribution in [2.45, 2.75) is 37.8 Å². The number of fused-ring (bicyclic) bond motifs is 3. The van der Waals surface area contributed by atoms with Crippen LogP contribution in [-0.4, -0.2) is 29.3 Å². The largest absolute Gasteiger partial charge is 0.348 e. The summed E-state index contributed by atoms with van der Waals surface area (Å²) in [4.78, 5) is 40.9. The van der Waals surface area contributed by atoms with E-state index in [1.807, 2.05) is 60.8 Å². The third kappa shape index (κ3) is 3.20. The molecule has 2 aromatic carbocycles. The number of urea groups is 1. The standard InChI is InChI=1S/C24H23N3O3S/c1-15(17-9-4-7-16-6-2-3-8-18(16)17)25-21(28)14-27-22(29)24(26-23(27)30)12-5-10-20-19(24)11-13-31-20/h2-4,6-9,11,13,15H,5,10,12,14H2,1H3,(H,25,28)(H,26,30)/t15-,24-/m0/s1. The molecule has 2 atom stereocenters. The molecule has 158 valence electrons. The lowest BCUT2D eigenvalue weighted by Gasteiger charge is -2.31. The van der Waals surface area contributed by atoms with Crippen molar-refractivity contribution >= 4 is 40.0 Å². The molecule has 0 saturated carbocycles. The predicted octanol–water partition coefficient (Wildman–Crippen LogP) is 3.86. The lowest BCUT2D eigenvalue weighted by Crippen LogP contribution is -2.47.